The third kappa shape index (κ3) is 5.35. The number of nitrogens with zero attached hydrogens (tertiary/aromatic N) is 2. The van der Waals surface area contributed by atoms with Gasteiger partial charge in [-0.3, -0.25) is 9.78 Å². The van der Waals surface area contributed by atoms with Crippen molar-refractivity contribution in [3.8, 4) is 0 Å². The van der Waals surface area contributed by atoms with Crippen molar-refractivity contribution < 1.29 is 4.79 Å². The minimum absolute atomic E-state index is 0.182. The third-order valence-corrected chi connectivity index (χ3v) is 4.91. The van der Waals surface area contributed by atoms with Gasteiger partial charge in [-0.15, -0.1) is 0 Å². The first kappa shape index (κ1) is 20.4. The summed E-state index contributed by atoms with van der Waals surface area (Å²) in [5.74, 6) is -0.182. The van der Waals surface area contributed by atoms with Gasteiger partial charge in [0.1, 0.15) is 0 Å². The van der Waals surface area contributed by atoms with Crippen molar-refractivity contribution in [1.29, 1.82) is 0 Å². The molecule has 150 valence electrons. The van der Waals surface area contributed by atoms with Crippen LogP contribution in [0.4, 0.5) is 22.7 Å². The van der Waals surface area contributed by atoms with Crippen LogP contribution in [0.25, 0.3) is 0 Å². The first-order valence-electron chi connectivity index (χ1n) is 10.1. The molecule has 0 bridgehead atoms. The maximum atomic E-state index is 12.6. The Hall–Kier alpha value is -3.34. The lowest BCUT2D eigenvalue weighted by Crippen LogP contribution is -2.21. The van der Waals surface area contributed by atoms with Crippen molar-refractivity contribution in [1.82, 2.24) is 4.98 Å². The zero-order valence-corrected chi connectivity index (χ0v) is 17.3. The van der Waals surface area contributed by atoms with Gasteiger partial charge in [0.15, 0.2) is 0 Å². The van der Waals surface area contributed by atoms with Crippen LogP contribution in [0.2, 0.25) is 0 Å². The fourth-order valence-corrected chi connectivity index (χ4v) is 3.17. The average molecular weight is 389 g/mol. The van der Waals surface area contributed by atoms with E-state index in [1.165, 1.54) is 5.56 Å². The molecule has 0 saturated carbocycles. The Bertz CT molecular complexity index is 932. The molecule has 0 unspecified atom stereocenters. The van der Waals surface area contributed by atoms with Gasteiger partial charge >= 0.3 is 0 Å². The highest BCUT2D eigenvalue weighted by Crippen LogP contribution is 2.20. The molecular weight excluding hydrogens is 360 g/mol. The monoisotopic (exact) mass is 388 g/mol. The lowest BCUT2D eigenvalue weighted by atomic mass is 10.1. The molecule has 0 radical (unpaired) electrons. The summed E-state index contributed by atoms with van der Waals surface area (Å²) in [6.45, 7) is 8.30. The number of amides is 1. The molecule has 0 aliphatic carbocycles. The maximum Gasteiger partial charge on any atom is 0.257 e. The van der Waals surface area contributed by atoms with Crippen LogP contribution in [0.3, 0.4) is 0 Å². The summed E-state index contributed by atoms with van der Waals surface area (Å²) in [4.78, 5) is 19.1. The van der Waals surface area contributed by atoms with Crippen LogP contribution in [0.5, 0.6) is 0 Å². The van der Waals surface area contributed by atoms with Gasteiger partial charge in [-0.2, -0.15) is 0 Å². The Morgan fingerprint density at radius 2 is 1.52 bits per heavy atom. The van der Waals surface area contributed by atoms with Crippen molar-refractivity contribution in [2.75, 3.05) is 28.6 Å². The van der Waals surface area contributed by atoms with Crippen molar-refractivity contribution >= 4 is 28.7 Å². The maximum absolute atomic E-state index is 12.6. The van der Waals surface area contributed by atoms with E-state index in [1.807, 2.05) is 36.4 Å². The molecule has 3 aromatic rings. The van der Waals surface area contributed by atoms with Gasteiger partial charge in [-0.1, -0.05) is 19.1 Å². The highest BCUT2D eigenvalue weighted by molar-refractivity contribution is 6.04. The first-order valence-corrected chi connectivity index (χ1v) is 10.1. The van der Waals surface area contributed by atoms with E-state index in [-0.39, 0.29) is 5.91 Å². The van der Waals surface area contributed by atoms with Crippen LogP contribution in [0.1, 0.15) is 36.7 Å². The highest BCUT2D eigenvalue weighted by atomic mass is 16.1. The second-order valence-corrected chi connectivity index (χ2v) is 6.81. The summed E-state index contributed by atoms with van der Waals surface area (Å²) in [5, 5.41) is 6.24. The molecule has 5 nitrogen and oxygen atoms in total. The van der Waals surface area contributed by atoms with E-state index < -0.39 is 0 Å². The van der Waals surface area contributed by atoms with Gasteiger partial charge in [-0.05, 0) is 68.3 Å². The number of anilines is 4. The first-order chi connectivity index (χ1) is 14.1. The number of pyridine rings is 1. The standard InChI is InChI=1S/C24H28N4O/c1-4-18-7-9-20(10-8-18)26-22-15-19(16-25-17-22)24(29)27-21-11-13-23(14-12-21)28(5-2)6-3/h7-17,26H,4-6H2,1-3H3,(H,27,29). The largest absolute Gasteiger partial charge is 0.372 e. The molecule has 5 heteroatoms. The fraction of sp³-hybridized carbons (Fsp3) is 0.250. The highest BCUT2D eigenvalue weighted by Gasteiger charge is 2.09. The van der Waals surface area contributed by atoms with E-state index in [2.05, 4.69) is 53.4 Å². The number of nitrogens with one attached hydrogen (secondary N) is 2. The number of hydrogen-bond donors (Lipinski definition) is 2. The molecule has 0 atom stereocenters. The fourth-order valence-electron chi connectivity index (χ4n) is 3.17. The molecule has 1 heterocycles. The zero-order valence-electron chi connectivity index (χ0n) is 17.3. The Labute approximate surface area is 172 Å². The summed E-state index contributed by atoms with van der Waals surface area (Å²) < 4.78 is 0. The molecule has 2 N–H and O–H groups in total. The van der Waals surface area contributed by atoms with Crippen LogP contribution in [0.15, 0.2) is 67.0 Å². The summed E-state index contributed by atoms with van der Waals surface area (Å²) in [5.41, 5.74) is 5.45. The molecular formula is C24H28N4O. The molecule has 0 aliphatic heterocycles. The van der Waals surface area contributed by atoms with E-state index in [1.54, 1.807) is 18.5 Å². The summed E-state index contributed by atoms with van der Waals surface area (Å²) in [6.07, 6.45) is 4.29. The molecule has 0 fully saturated rings. The van der Waals surface area contributed by atoms with Crippen LogP contribution >= 0.6 is 0 Å². The van der Waals surface area contributed by atoms with Crippen LogP contribution in [0, 0.1) is 0 Å². The van der Waals surface area contributed by atoms with Crippen LogP contribution < -0.4 is 15.5 Å². The minimum Gasteiger partial charge on any atom is -0.372 e. The number of carbonyl (C=O) groups excluding carboxylic acids is 1. The zero-order chi connectivity index (χ0) is 20.6. The van der Waals surface area contributed by atoms with E-state index in [4.69, 9.17) is 0 Å². The second kappa shape index (κ2) is 9.73. The summed E-state index contributed by atoms with van der Waals surface area (Å²) in [7, 11) is 0. The van der Waals surface area contributed by atoms with Gasteiger partial charge in [0.25, 0.3) is 5.91 Å². The number of carbonyl (C=O) groups is 1. The molecule has 0 spiro atoms. The second-order valence-electron chi connectivity index (χ2n) is 6.81. The molecule has 0 saturated heterocycles. The smallest absolute Gasteiger partial charge is 0.257 e. The van der Waals surface area contributed by atoms with Gasteiger partial charge in [0.05, 0.1) is 17.4 Å². The van der Waals surface area contributed by atoms with E-state index >= 15 is 0 Å². The summed E-state index contributed by atoms with van der Waals surface area (Å²) in [6, 6.07) is 18.0. The Morgan fingerprint density at radius 1 is 0.862 bits per heavy atom. The number of benzene rings is 2. The number of hydrogen-bond acceptors (Lipinski definition) is 4. The third-order valence-electron chi connectivity index (χ3n) is 4.91. The van der Waals surface area contributed by atoms with Gasteiger partial charge in [-0.25, -0.2) is 0 Å². The molecule has 3 rings (SSSR count). The number of aryl methyl sites for hydroxylation is 1. The Balaban J connectivity index is 1.67. The lowest BCUT2D eigenvalue weighted by molar-refractivity contribution is 0.102. The van der Waals surface area contributed by atoms with Crippen LogP contribution in [-0.4, -0.2) is 24.0 Å². The quantitative estimate of drug-likeness (QED) is 0.536. The molecule has 29 heavy (non-hydrogen) atoms. The number of rotatable bonds is 8. The number of aromatic nitrogens is 1. The van der Waals surface area contributed by atoms with Gasteiger partial charge in [0.2, 0.25) is 0 Å². The predicted octanol–water partition coefficient (Wildman–Crippen LogP) is 5.49. The van der Waals surface area contributed by atoms with Crippen molar-refractivity contribution in [2.45, 2.75) is 27.2 Å². The van der Waals surface area contributed by atoms with E-state index in [0.717, 1.165) is 42.3 Å². The van der Waals surface area contributed by atoms with Gasteiger partial charge < -0.3 is 15.5 Å². The van der Waals surface area contributed by atoms with E-state index in [9.17, 15) is 4.79 Å². The minimum atomic E-state index is -0.182. The van der Waals surface area contributed by atoms with Gasteiger partial charge in [0, 0.05) is 36.3 Å². The molecule has 0 aliphatic rings. The van der Waals surface area contributed by atoms with Crippen molar-refractivity contribution in [3.63, 3.8) is 0 Å². The Morgan fingerprint density at radius 3 is 2.14 bits per heavy atom. The normalized spacial score (nSPS) is 10.4. The molecule has 2 aromatic carbocycles. The average Bonchev–Trinajstić information content (AvgIpc) is 2.76. The van der Waals surface area contributed by atoms with Crippen LogP contribution in [-0.2, 0) is 6.42 Å². The molecule has 1 aromatic heterocycles. The lowest BCUT2D eigenvalue weighted by Gasteiger charge is -2.21. The van der Waals surface area contributed by atoms with Crippen molar-refractivity contribution in [2.24, 2.45) is 0 Å². The molecule has 1 amide bonds. The topological polar surface area (TPSA) is 57.3 Å². The van der Waals surface area contributed by atoms with E-state index in [0.29, 0.717) is 5.56 Å². The summed E-state index contributed by atoms with van der Waals surface area (Å²) >= 11 is 0. The predicted molar refractivity (Wildman–Crippen MR) is 121 cm³/mol. The Kier molecular flexibility index (Phi) is 6.85. The SMILES string of the molecule is CCc1ccc(Nc2cncc(C(=O)Nc3ccc(N(CC)CC)cc3)c2)cc1. The van der Waals surface area contributed by atoms with Crippen molar-refractivity contribution in [3.05, 3.63) is 78.1 Å².